The predicted molar refractivity (Wildman–Crippen MR) is 103 cm³/mol. The van der Waals surface area contributed by atoms with Gasteiger partial charge in [0, 0.05) is 31.4 Å². The van der Waals surface area contributed by atoms with Crippen LogP contribution in [-0.2, 0) is 0 Å². The van der Waals surface area contributed by atoms with Crippen molar-refractivity contribution in [3.05, 3.63) is 42.4 Å². The molecular weight excluding hydrogens is 370 g/mol. The number of fused-ring (bicyclic) bond motifs is 1. The van der Waals surface area contributed by atoms with Crippen LogP contribution in [0.25, 0.3) is 16.9 Å². The summed E-state index contributed by atoms with van der Waals surface area (Å²) < 4.78 is 30.8. The predicted octanol–water partition coefficient (Wildman–Crippen LogP) is 3.42. The summed E-state index contributed by atoms with van der Waals surface area (Å²) in [4.78, 5) is 11.0. The molecule has 9 heteroatoms. The van der Waals surface area contributed by atoms with E-state index >= 15 is 0 Å². The maximum absolute atomic E-state index is 13.0. The van der Waals surface area contributed by atoms with E-state index in [2.05, 4.69) is 24.7 Å². The lowest BCUT2D eigenvalue weighted by Crippen LogP contribution is -2.24. The van der Waals surface area contributed by atoms with Crippen molar-refractivity contribution in [2.45, 2.75) is 12.8 Å². The number of rotatable bonds is 6. The fourth-order valence-electron chi connectivity index (χ4n) is 3.36. The third-order valence-corrected chi connectivity index (χ3v) is 5.23. The number of pyridine rings is 1. The van der Waals surface area contributed by atoms with Crippen LogP contribution < -0.4 is 9.62 Å². The summed E-state index contributed by atoms with van der Waals surface area (Å²) in [6.07, 6.45) is 3.93. The molecule has 3 aromatic rings. The number of nitrogens with zero attached hydrogens (tertiary/aromatic N) is 5. The molecule has 0 spiro atoms. The number of alkyl halides is 2. The maximum Gasteiger partial charge on any atom is 0.282 e. The van der Waals surface area contributed by atoms with Crippen LogP contribution in [-0.4, -0.2) is 45.5 Å². The molecule has 1 atom stereocenters. The zero-order valence-electron chi connectivity index (χ0n) is 14.8. The molecule has 0 amide bonds. The molecule has 4 rings (SSSR count). The number of aromatic nitrogens is 4. The van der Waals surface area contributed by atoms with Crippen molar-refractivity contribution in [3.63, 3.8) is 0 Å². The smallest absolute Gasteiger partial charge is 0.282 e. The van der Waals surface area contributed by atoms with E-state index in [0.29, 0.717) is 17.3 Å². The second-order valence-corrected chi connectivity index (χ2v) is 7.23. The molecule has 3 aromatic heterocycles. The van der Waals surface area contributed by atoms with E-state index in [0.717, 1.165) is 37.4 Å². The van der Waals surface area contributed by atoms with Crippen LogP contribution in [0.5, 0.6) is 0 Å². The van der Waals surface area contributed by atoms with Gasteiger partial charge in [-0.3, -0.25) is 4.72 Å². The number of halogens is 2. The zero-order valence-corrected chi connectivity index (χ0v) is 15.7. The first-order valence-corrected chi connectivity index (χ1v) is 9.98. The Morgan fingerprint density at radius 3 is 3.00 bits per heavy atom. The largest absolute Gasteiger partial charge is 0.356 e. The molecule has 1 fully saturated rings. The topological polar surface area (TPSA) is 58.3 Å². The number of nitrogens with one attached hydrogen (secondary N) is 1. The van der Waals surface area contributed by atoms with Crippen LogP contribution in [0.3, 0.4) is 0 Å². The van der Waals surface area contributed by atoms with Gasteiger partial charge in [-0.1, -0.05) is 11.9 Å². The first-order chi connectivity index (χ1) is 13.2. The Morgan fingerprint density at radius 1 is 1.30 bits per heavy atom. The Hall–Kier alpha value is -2.26. The molecule has 0 radical (unpaired) electrons. The molecule has 0 bridgehead atoms. The normalized spacial score (nSPS) is 17.3. The zero-order chi connectivity index (χ0) is 18.8. The fourth-order valence-corrected chi connectivity index (χ4v) is 3.76. The standard InChI is InChI=1S/C18H20F2N6S/c1-27-23-9-12-5-7-25(11-12)17-8-13(4-6-21-17)15-10-22-16-3-2-14(18(19)20)24-26(15)16/h2-4,6,8,10,12,18,23H,5,7,9,11H2,1H3. The van der Waals surface area contributed by atoms with Crippen LogP contribution in [0.4, 0.5) is 14.6 Å². The van der Waals surface area contributed by atoms with Gasteiger partial charge in [0.2, 0.25) is 0 Å². The highest BCUT2D eigenvalue weighted by Gasteiger charge is 2.23. The molecule has 1 N–H and O–H groups in total. The lowest BCUT2D eigenvalue weighted by Gasteiger charge is -2.18. The van der Waals surface area contributed by atoms with E-state index in [1.54, 1.807) is 30.4 Å². The highest BCUT2D eigenvalue weighted by atomic mass is 32.2. The number of hydrogen-bond donors (Lipinski definition) is 1. The van der Waals surface area contributed by atoms with E-state index in [1.807, 2.05) is 18.4 Å². The van der Waals surface area contributed by atoms with Gasteiger partial charge in [0.05, 0.1) is 11.9 Å². The summed E-state index contributed by atoms with van der Waals surface area (Å²) in [5.74, 6) is 1.48. The Labute approximate surface area is 160 Å². The molecule has 27 heavy (non-hydrogen) atoms. The van der Waals surface area contributed by atoms with Gasteiger partial charge in [0.15, 0.2) is 5.65 Å². The van der Waals surface area contributed by atoms with Crippen molar-refractivity contribution >= 4 is 23.4 Å². The van der Waals surface area contributed by atoms with Gasteiger partial charge in [-0.25, -0.2) is 23.3 Å². The van der Waals surface area contributed by atoms with Crippen molar-refractivity contribution in [3.8, 4) is 11.3 Å². The Bertz CT molecular complexity index is 931. The molecule has 1 aliphatic rings. The Morgan fingerprint density at radius 2 is 2.19 bits per heavy atom. The second kappa shape index (κ2) is 7.77. The van der Waals surface area contributed by atoms with Gasteiger partial charge < -0.3 is 4.90 Å². The minimum absolute atomic E-state index is 0.264. The number of anilines is 1. The molecule has 1 saturated heterocycles. The Balaban J connectivity index is 1.61. The van der Waals surface area contributed by atoms with Crippen LogP contribution in [0.2, 0.25) is 0 Å². The first kappa shape index (κ1) is 18.1. The van der Waals surface area contributed by atoms with Gasteiger partial charge in [-0.15, -0.1) is 0 Å². The third-order valence-electron chi connectivity index (χ3n) is 4.77. The molecule has 142 valence electrons. The molecule has 0 saturated carbocycles. The molecule has 4 heterocycles. The van der Waals surface area contributed by atoms with Gasteiger partial charge in [-0.2, -0.15) is 5.10 Å². The van der Waals surface area contributed by atoms with Crippen molar-refractivity contribution < 1.29 is 8.78 Å². The summed E-state index contributed by atoms with van der Waals surface area (Å²) in [7, 11) is 0. The van der Waals surface area contributed by atoms with E-state index < -0.39 is 6.43 Å². The van der Waals surface area contributed by atoms with Gasteiger partial charge >= 0.3 is 0 Å². The molecular formula is C18H20F2N6S. The van der Waals surface area contributed by atoms with E-state index in [-0.39, 0.29) is 5.69 Å². The number of hydrogen-bond acceptors (Lipinski definition) is 6. The van der Waals surface area contributed by atoms with Crippen molar-refractivity contribution in [2.24, 2.45) is 5.92 Å². The fraction of sp³-hybridized carbons (Fsp3) is 0.389. The van der Waals surface area contributed by atoms with Crippen LogP contribution in [0.1, 0.15) is 18.5 Å². The van der Waals surface area contributed by atoms with Gasteiger partial charge in [0.25, 0.3) is 6.43 Å². The van der Waals surface area contributed by atoms with Crippen molar-refractivity contribution in [1.82, 2.24) is 24.3 Å². The maximum atomic E-state index is 13.0. The summed E-state index contributed by atoms with van der Waals surface area (Å²) in [5, 5.41) is 4.04. The highest BCUT2D eigenvalue weighted by Crippen LogP contribution is 2.27. The average Bonchev–Trinajstić information content (AvgIpc) is 3.33. The number of imidazole rings is 1. The molecule has 1 aliphatic heterocycles. The van der Waals surface area contributed by atoms with Gasteiger partial charge in [-0.05, 0) is 42.9 Å². The van der Waals surface area contributed by atoms with E-state index in [4.69, 9.17) is 0 Å². The molecule has 1 unspecified atom stereocenters. The first-order valence-electron chi connectivity index (χ1n) is 8.75. The molecule has 0 aliphatic carbocycles. The van der Waals surface area contributed by atoms with E-state index in [9.17, 15) is 8.78 Å². The minimum atomic E-state index is -2.62. The monoisotopic (exact) mass is 390 g/mol. The highest BCUT2D eigenvalue weighted by molar-refractivity contribution is 7.96. The van der Waals surface area contributed by atoms with Crippen molar-refractivity contribution in [2.75, 3.05) is 30.8 Å². The van der Waals surface area contributed by atoms with Gasteiger partial charge in [0.1, 0.15) is 11.5 Å². The Kier molecular flexibility index (Phi) is 5.22. The van der Waals surface area contributed by atoms with E-state index in [1.165, 1.54) is 10.6 Å². The van der Waals surface area contributed by atoms with Crippen LogP contribution in [0.15, 0.2) is 36.7 Å². The summed E-state index contributed by atoms with van der Waals surface area (Å²) in [5.41, 5.74) is 1.81. The summed E-state index contributed by atoms with van der Waals surface area (Å²) >= 11 is 1.64. The average molecular weight is 390 g/mol. The molecule has 6 nitrogen and oxygen atoms in total. The van der Waals surface area contributed by atoms with Crippen LogP contribution in [0, 0.1) is 5.92 Å². The van der Waals surface area contributed by atoms with Crippen molar-refractivity contribution in [1.29, 1.82) is 0 Å². The minimum Gasteiger partial charge on any atom is -0.356 e. The summed E-state index contributed by atoms with van der Waals surface area (Å²) in [6.45, 7) is 2.88. The quantitative estimate of drug-likeness (QED) is 0.651. The third kappa shape index (κ3) is 3.74. The molecule has 0 aromatic carbocycles. The summed E-state index contributed by atoms with van der Waals surface area (Å²) in [6, 6.07) is 6.70. The van der Waals surface area contributed by atoms with Crippen LogP contribution >= 0.6 is 11.9 Å². The second-order valence-electron chi connectivity index (χ2n) is 6.53. The SMILES string of the molecule is CSNCC1CCN(c2cc(-c3cnc4ccc(C(F)F)nn34)ccn2)C1. The lowest BCUT2D eigenvalue weighted by atomic mass is 10.1. The lowest BCUT2D eigenvalue weighted by molar-refractivity contribution is 0.144.